The van der Waals surface area contributed by atoms with Crippen molar-refractivity contribution in [3.63, 3.8) is 0 Å². The van der Waals surface area contributed by atoms with Crippen LogP contribution in [0.5, 0.6) is 0 Å². The van der Waals surface area contributed by atoms with Crippen molar-refractivity contribution in [1.82, 2.24) is 0 Å². The van der Waals surface area contributed by atoms with Gasteiger partial charge in [0.15, 0.2) is 5.78 Å². The third kappa shape index (κ3) is 3.57. The molecule has 1 saturated heterocycles. The fourth-order valence-electron chi connectivity index (χ4n) is 2.79. The number of anilines is 1. The van der Waals surface area contributed by atoms with E-state index in [4.69, 9.17) is 0 Å². The van der Waals surface area contributed by atoms with Crippen LogP contribution in [-0.2, 0) is 4.79 Å². The standard InChI is InChI=1S/C20H19NO2/c1-15-5-2-6-16(13-15)10-11-19(22)17-7-3-8-18(14-17)21-12-4-9-20(21)23/h2-3,5-8,10-11,13-14H,4,9,12H2,1H3/b11-10+. The largest absolute Gasteiger partial charge is 0.312 e. The van der Waals surface area contributed by atoms with Gasteiger partial charge in [0.05, 0.1) is 0 Å². The van der Waals surface area contributed by atoms with E-state index in [1.54, 1.807) is 23.1 Å². The summed E-state index contributed by atoms with van der Waals surface area (Å²) in [5.41, 5.74) is 3.58. The summed E-state index contributed by atoms with van der Waals surface area (Å²) in [5.74, 6) is 0.0740. The number of aryl methyl sites for hydroxylation is 1. The third-order valence-corrected chi connectivity index (χ3v) is 3.99. The second-order valence-corrected chi connectivity index (χ2v) is 5.81. The van der Waals surface area contributed by atoms with Crippen molar-refractivity contribution in [3.05, 3.63) is 71.3 Å². The van der Waals surface area contributed by atoms with Gasteiger partial charge in [-0.3, -0.25) is 9.59 Å². The molecule has 3 heteroatoms. The first-order valence-electron chi connectivity index (χ1n) is 7.83. The Labute approximate surface area is 136 Å². The molecule has 2 aromatic rings. The molecular formula is C20H19NO2. The van der Waals surface area contributed by atoms with Gasteiger partial charge < -0.3 is 4.90 Å². The maximum Gasteiger partial charge on any atom is 0.227 e. The molecule has 0 N–H and O–H groups in total. The first kappa shape index (κ1) is 15.2. The lowest BCUT2D eigenvalue weighted by atomic mass is 10.1. The molecule has 0 bridgehead atoms. The minimum absolute atomic E-state index is 0.0556. The molecule has 1 aliphatic rings. The Hall–Kier alpha value is -2.68. The average molecular weight is 305 g/mol. The lowest BCUT2D eigenvalue weighted by Crippen LogP contribution is -2.23. The Bertz CT molecular complexity index is 777. The van der Waals surface area contributed by atoms with E-state index in [0.717, 1.165) is 29.8 Å². The van der Waals surface area contributed by atoms with Crippen LogP contribution in [0.4, 0.5) is 5.69 Å². The third-order valence-electron chi connectivity index (χ3n) is 3.99. The highest BCUT2D eigenvalue weighted by Gasteiger charge is 2.21. The van der Waals surface area contributed by atoms with E-state index in [9.17, 15) is 9.59 Å². The lowest BCUT2D eigenvalue weighted by Gasteiger charge is -2.16. The molecule has 0 saturated carbocycles. The monoisotopic (exact) mass is 305 g/mol. The number of carbonyl (C=O) groups is 2. The summed E-state index contributed by atoms with van der Waals surface area (Å²) in [6.07, 6.45) is 4.87. The van der Waals surface area contributed by atoms with Crippen molar-refractivity contribution < 1.29 is 9.59 Å². The molecule has 1 fully saturated rings. The van der Waals surface area contributed by atoms with Crippen LogP contribution >= 0.6 is 0 Å². The number of nitrogens with zero attached hydrogens (tertiary/aromatic N) is 1. The number of ketones is 1. The van der Waals surface area contributed by atoms with Gasteiger partial charge in [0, 0.05) is 24.2 Å². The van der Waals surface area contributed by atoms with Crippen molar-refractivity contribution in [3.8, 4) is 0 Å². The number of carbonyl (C=O) groups excluding carboxylic acids is 2. The summed E-state index contributed by atoms with van der Waals surface area (Å²) in [6.45, 7) is 2.76. The molecule has 1 heterocycles. The topological polar surface area (TPSA) is 37.4 Å². The molecule has 116 valence electrons. The van der Waals surface area contributed by atoms with Gasteiger partial charge >= 0.3 is 0 Å². The summed E-state index contributed by atoms with van der Waals surface area (Å²) in [7, 11) is 0. The van der Waals surface area contributed by atoms with Crippen LogP contribution in [0.1, 0.15) is 34.3 Å². The first-order chi connectivity index (χ1) is 11.1. The lowest BCUT2D eigenvalue weighted by molar-refractivity contribution is -0.117. The van der Waals surface area contributed by atoms with Gasteiger partial charge in [0.2, 0.25) is 5.91 Å². The normalized spacial score (nSPS) is 14.7. The van der Waals surface area contributed by atoms with Gasteiger partial charge in [0.25, 0.3) is 0 Å². The van der Waals surface area contributed by atoms with Gasteiger partial charge in [-0.25, -0.2) is 0 Å². The van der Waals surface area contributed by atoms with Crippen LogP contribution in [0.3, 0.4) is 0 Å². The minimum atomic E-state index is -0.0556. The summed E-state index contributed by atoms with van der Waals surface area (Å²) >= 11 is 0. The maximum absolute atomic E-state index is 12.4. The van der Waals surface area contributed by atoms with E-state index < -0.39 is 0 Å². The van der Waals surface area contributed by atoms with Gasteiger partial charge in [-0.15, -0.1) is 0 Å². The molecule has 23 heavy (non-hydrogen) atoms. The molecule has 0 unspecified atom stereocenters. The molecular weight excluding hydrogens is 286 g/mol. The van der Waals surface area contributed by atoms with Crippen molar-refractivity contribution in [1.29, 1.82) is 0 Å². The predicted molar refractivity (Wildman–Crippen MR) is 92.6 cm³/mol. The van der Waals surface area contributed by atoms with E-state index >= 15 is 0 Å². The summed E-state index contributed by atoms with van der Waals surface area (Å²) in [5, 5.41) is 0. The van der Waals surface area contributed by atoms with E-state index in [1.165, 1.54) is 0 Å². The average Bonchev–Trinajstić information content (AvgIpc) is 2.99. The minimum Gasteiger partial charge on any atom is -0.312 e. The number of hydrogen-bond donors (Lipinski definition) is 0. The molecule has 0 spiro atoms. The molecule has 0 radical (unpaired) electrons. The zero-order valence-corrected chi connectivity index (χ0v) is 13.2. The number of amides is 1. The first-order valence-corrected chi connectivity index (χ1v) is 7.83. The van der Waals surface area contributed by atoms with Crippen molar-refractivity contribution in [2.75, 3.05) is 11.4 Å². The summed E-state index contributed by atoms with van der Waals surface area (Å²) < 4.78 is 0. The van der Waals surface area contributed by atoms with Crippen molar-refractivity contribution >= 4 is 23.5 Å². The second-order valence-electron chi connectivity index (χ2n) is 5.81. The molecule has 0 aromatic heterocycles. The molecule has 3 rings (SSSR count). The van der Waals surface area contributed by atoms with Gasteiger partial charge in [0.1, 0.15) is 0 Å². The van der Waals surface area contributed by atoms with Crippen molar-refractivity contribution in [2.24, 2.45) is 0 Å². The van der Waals surface area contributed by atoms with Crippen LogP contribution in [0.25, 0.3) is 6.08 Å². The van der Waals surface area contributed by atoms with E-state index in [0.29, 0.717) is 12.0 Å². The van der Waals surface area contributed by atoms with E-state index in [1.807, 2.05) is 49.4 Å². The van der Waals surface area contributed by atoms with Crippen molar-refractivity contribution in [2.45, 2.75) is 19.8 Å². The van der Waals surface area contributed by atoms with Gasteiger partial charge in [-0.2, -0.15) is 0 Å². The molecule has 2 aromatic carbocycles. The molecule has 3 nitrogen and oxygen atoms in total. The van der Waals surface area contributed by atoms with Gasteiger partial charge in [-0.05, 0) is 37.1 Å². The zero-order chi connectivity index (χ0) is 16.2. The Morgan fingerprint density at radius 3 is 2.70 bits per heavy atom. The fraction of sp³-hybridized carbons (Fsp3) is 0.200. The highest BCUT2D eigenvalue weighted by molar-refractivity contribution is 6.08. The number of hydrogen-bond acceptors (Lipinski definition) is 2. The Balaban J connectivity index is 1.78. The van der Waals surface area contributed by atoms with E-state index in [2.05, 4.69) is 0 Å². The number of allylic oxidation sites excluding steroid dienone is 1. The highest BCUT2D eigenvalue weighted by Crippen LogP contribution is 2.22. The Kier molecular flexibility index (Phi) is 4.38. The van der Waals surface area contributed by atoms with E-state index in [-0.39, 0.29) is 11.7 Å². The van der Waals surface area contributed by atoms with Crippen LogP contribution in [-0.4, -0.2) is 18.2 Å². The quantitative estimate of drug-likeness (QED) is 0.632. The van der Waals surface area contributed by atoms with Crippen LogP contribution < -0.4 is 4.90 Å². The summed E-state index contributed by atoms with van der Waals surface area (Å²) in [6, 6.07) is 15.3. The molecule has 1 amide bonds. The maximum atomic E-state index is 12.4. The smallest absolute Gasteiger partial charge is 0.227 e. The highest BCUT2D eigenvalue weighted by atomic mass is 16.2. The molecule has 1 aliphatic heterocycles. The Morgan fingerprint density at radius 1 is 1.13 bits per heavy atom. The van der Waals surface area contributed by atoms with Crippen LogP contribution in [0.2, 0.25) is 0 Å². The Morgan fingerprint density at radius 2 is 1.96 bits per heavy atom. The number of rotatable bonds is 4. The summed E-state index contributed by atoms with van der Waals surface area (Å²) in [4.78, 5) is 25.9. The van der Waals surface area contributed by atoms with Crippen LogP contribution in [0.15, 0.2) is 54.6 Å². The fourth-order valence-corrected chi connectivity index (χ4v) is 2.79. The van der Waals surface area contributed by atoms with Crippen LogP contribution in [0, 0.1) is 6.92 Å². The molecule has 0 aliphatic carbocycles. The molecule has 0 atom stereocenters. The number of benzene rings is 2. The van der Waals surface area contributed by atoms with Gasteiger partial charge in [-0.1, -0.05) is 48.0 Å². The zero-order valence-electron chi connectivity index (χ0n) is 13.2. The predicted octanol–water partition coefficient (Wildman–Crippen LogP) is 4.02. The second kappa shape index (κ2) is 6.61. The SMILES string of the molecule is Cc1cccc(/C=C/C(=O)c2cccc(N3CCCC3=O)c2)c1.